The third-order valence-electron chi connectivity index (χ3n) is 2.90. The number of rotatable bonds is 5. The van der Waals surface area contributed by atoms with Crippen molar-refractivity contribution in [2.45, 2.75) is 33.6 Å². The summed E-state index contributed by atoms with van der Waals surface area (Å²) in [5.41, 5.74) is 3.12. The molecule has 0 bridgehead atoms. The van der Waals surface area contributed by atoms with Gasteiger partial charge in [-0.3, -0.25) is 4.79 Å². The number of carbonyl (C=O) groups is 1. The van der Waals surface area contributed by atoms with Crippen molar-refractivity contribution in [2.75, 3.05) is 18.5 Å². The highest BCUT2D eigenvalue weighted by Crippen LogP contribution is 2.19. The van der Waals surface area contributed by atoms with Gasteiger partial charge in [0.05, 0.1) is 0 Å². The minimum absolute atomic E-state index is 0.255. The van der Waals surface area contributed by atoms with Crippen molar-refractivity contribution in [1.82, 2.24) is 0 Å². The maximum Gasteiger partial charge on any atom is 0.163 e. The first-order chi connectivity index (χ1) is 7.60. The highest BCUT2D eigenvalue weighted by molar-refractivity contribution is 5.97. The van der Waals surface area contributed by atoms with Crippen LogP contribution in [0, 0.1) is 6.92 Å². The normalized spacial score (nSPS) is 10.2. The molecule has 2 nitrogen and oxygen atoms in total. The van der Waals surface area contributed by atoms with E-state index in [1.165, 1.54) is 5.69 Å². The molecule has 0 spiro atoms. The summed E-state index contributed by atoms with van der Waals surface area (Å²) in [6, 6.07) is 6.07. The molecule has 0 aliphatic heterocycles. The molecular formula is C14H21NO. The van der Waals surface area contributed by atoms with E-state index in [1.807, 2.05) is 26.0 Å². The molecule has 0 fully saturated rings. The van der Waals surface area contributed by atoms with Gasteiger partial charge >= 0.3 is 0 Å². The maximum absolute atomic E-state index is 11.8. The molecule has 0 saturated heterocycles. The molecule has 0 radical (unpaired) electrons. The molecule has 0 heterocycles. The van der Waals surface area contributed by atoms with Gasteiger partial charge in [-0.05, 0) is 44.0 Å². The van der Waals surface area contributed by atoms with E-state index in [1.54, 1.807) is 0 Å². The van der Waals surface area contributed by atoms with Crippen LogP contribution >= 0.6 is 0 Å². The number of hydrogen-bond donors (Lipinski definition) is 0. The van der Waals surface area contributed by atoms with Crippen LogP contribution in [0.5, 0.6) is 0 Å². The summed E-state index contributed by atoms with van der Waals surface area (Å²) in [5.74, 6) is 0.255. The van der Waals surface area contributed by atoms with Crippen molar-refractivity contribution in [1.29, 1.82) is 0 Å². The number of nitrogens with zero attached hydrogens (tertiary/aromatic N) is 1. The third-order valence-corrected chi connectivity index (χ3v) is 2.90. The number of aryl methyl sites for hydroxylation is 1. The Hall–Kier alpha value is -1.31. The van der Waals surface area contributed by atoms with Gasteiger partial charge in [-0.1, -0.05) is 6.92 Å². The Morgan fingerprint density at radius 2 is 2.00 bits per heavy atom. The molecule has 0 atom stereocenters. The van der Waals surface area contributed by atoms with Gasteiger partial charge in [-0.2, -0.15) is 0 Å². The number of anilines is 1. The molecule has 0 aliphatic carbocycles. The maximum atomic E-state index is 11.8. The summed E-state index contributed by atoms with van der Waals surface area (Å²) in [7, 11) is 2.06. The highest BCUT2D eigenvalue weighted by atomic mass is 16.1. The first-order valence-electron chi connectivity index (χ1n) is 5.95. The van der Waals surface area contributed by atoms with E-state index in [9.17, 15) is 4.79 Å². The van der Waals surface area contributed by atoms with E-state index in [4.69, 9.17) is 0 Å². The lowest BCUT2D eigenvalue weighted by atomic mass is 10.0. The number of benzene rings is 1. The fourth-order valence-electron chi connectivity index (χ4n) is 1.74. The second-order valence-electron chi connectivity index (χ2n) is 4.19. The van der Waals surface area contributed by atoms with E-state index >= 15 is 0 Å². The molecule has 0 aliphatic rings. The van der Waals surface area contributed by atoms with Crippen LogP contribution < -0.4 is 4.90 Å². The molecule has 2 heteroatoms. The minimum Gasteiger partial charge on any atom is -0.375 e. The number of carbonyl (C=O) groups excluding carboxylic acids is 1. The summed E-state index contributed by atoms with van der Waals surface area (Å²) < 4.78 is 0. The van der Waals surface area contributed by atoms with E-state index in [0.717, 1.165) is 24.1 Å². The topological polar surface area (TPSA) is 20.3 Å². The smallest absolute Gasteiger partial charge is 0.163 e. The molecule has 1 aromatic carbocycles. The third kappa shape index (κ3) is 2.84. The summed E-state index contributed by atoms with van der Waals surface area (Å²) >= 11 is 0. The Morgan fingerprint density at radius 3 is 2.50 bits per heavy atom. The molecular weight excluding hydrogens is 198 g/mol. The molecule has 0 N–H and O–H groups in total. The Bertz CT molecular complexity index is 371. The van der Waals surface area contributed by atoms with E-state index in [-0.39, 0.29) is 5.78 Å². The largest absolute Gasteiger partial charge is 0.375 e. The molecule has 0 saturated carbocycles. The Labute approximate surface area is 98.3 Å². The van der Waals surface area contributed by atoms with Crippen LogP contribution in [-0.4, -0.2) is 19.4 Å². The average Bonchev–Trinajstić information content (AvgIpc) is 2.28. The van der Waals surface area contributed by atoms with E-state index in [0.29, 0.717) is 6.42 Å². The van der Waals surface area contributed by atoms with Crippen LogP contribution in [-0.2, 0) is 0 Å². The summed E-state index contributed by atoms with van der Waals surface area (Å²) in [5, 5.41) is 0. The van der Waals surface area contributed by atoms with Crippen molar-refractivity contribution >= 4 is 11.5 Å². The zero-order valence-electron chi connectivity index (χ0n) is 10.7. The van der Waals surface area contributed by atoms with Gasteiger partial charge in [-0.25, -0.2) is 0 Å². The first kappa shape index (κ1) is 12.8. The fourth-order valence-corrected chi connectivity index (χ4v) is 1.74. The monoisotopic (exact) mass is 219 g/mol. The Morgan fingerprint density at radius 1 is 1.31 bits per heavy atom. The highest BCUT2D eigenvalue weighted by Gasteiger charge is 2.09. The van der Waals surface area contributed by atoms with Gasteiger partial charge in [0.25, 0.3) is 0 Å². The van der Waals surface area contributed by atoms with Gasteiger partial charge in [0.15, 0.2) is 5.78 Å². The second kappa shape index (κ2) is 5.69. The van der Waals surface area contributed by atoms with Crippen LogP contribution in [0.1, 0.15) is 42.6 Å². The molecule has 0 aromatic heterocycles. The second-order valence-corrected chi connectivity index (χ2v) is 4.19. The van der Waals surface area contributed by atoms with Gasteiger partial charge in [0.1, 0.15) is 0 Å². The van der Waals surface area contributed by atoms with Crippen LogP contribution in [0.15, 0.2) is 18.2 Å². The summed E-state index contributed by atoms with van der Waals surface area (Å²) in [6.45, 7) is 7.13. The molecule has 16 heavy (non-hydrogen) atoms. The SMILES string of the molecule is CCCC(=O)c1ccc(N(C)CC)cc1C. The zero-order chi connectivity index (χ0) is 12.1. The molecule has 1 rings (SSSR count). The Kier molecular flexibility index (Phi) is 4.53. The summed E-state index contributed by atoms with van der Waals surface area (Å²) in [6.07, 6.45) is 1.55. The lowest BCUT2D eigenvalue weighted by Crippen LogP contribution is -2.16. The van der Waals surface area contributed by atoms with Crippen molar-refractivity contribution in [3.8, 4) is 0 Å². The van der Waals surface area contributed by atoms with Gasteiger partial charge in [-0.15, -0.1) is 0 Å². The fraction of sp³-hybridized carbons (Fsp3) is 0.500. The summed E-state index contributed by atoms with van der Waals surface area (Å²) in [4.78, 5) is 14.0. The quantitative estimate of drug-likeness (QED) is 0.707. The van der Waals surface area contributed by atoms with Crippen molar-refractivity contribution in [3.63, 3.8) is 0 Å². The Balaban J connectivity index is 2.95. The predicted octanol–water partition coefficient (Wildman–Crippen LogP) is 3.43. The lowest BCUT2D eigenvalue weighted by molar-refractivity contribution is 0.0981. The number of ketones is 1. The van der Waals surface area contributed by atoms with Gasteiger partial charge in [0, 0.05) is 31.3 Å². The van der Waals surface area contributed by atoms with Gasteiger partial charge < -0.3 is 4.90 Å². The van der Waals surface area contributed by atoms with Crippen molar-refractivity contribution in [3.05, 3.63) is 29.3 Å². The van der Waals surface area contributed by atoms with Crippen LogP contribution in [0.4, 0.5) is 5.69 Å². The predicted molar refractivity (Wildman–Crippen MR) is 69.4 cm³/mol. The number of Topliss-reactive ketones (excluding diaryl/α,β-unsaturated/α-hetero) is 1. The molecule has 88 valence electrons. The van der Waals surface area contributed by atoms with Crippen LogP contribution in [0.3, 0.4) is 0 Å². The lowest BCUT2D eigenvalue weighted by Gasteiger charge is -2.18. The molecule has 0 amide bonds. The molecule has 0 unspecified atom stereocenters. The van der Waals surface area contributed by atoms with Crippen molar-refractivity contribution < 1.29 is 4.79 Å². The number of hydrogen-bond acceptors (Lipinski definition) is 2. The molecule has 1 aromatic rings. The van der Waals surface area contributed by atoms with Crippen LogP contribution in [0.2, 0.25) is 0 Å². The minimum atomic E-state index is 0.255. The van der Waals surface area contributed by atoms with Crippen LogP contribution in [0.25, 0.3) is 0 Å². The van der Waals surface area contributed by atoms with E-state index < -0.39 is 0 Å². The van der Waals surface area contributed by atoms with E-state index in [2.05, 4.69) is 24.9 Å². The first-order valence-corrected chi connectivity index (χ1v) is 5.95. The van der Waals surface area contributed by atoms with Crippen molar-refractivity contribution in [2.24, 2.45) is 0 Å². The average molecular weight is 219 g/mol. The standard InChI is InChI=1S/C14H21NO/c1-5-7-14(16)13-9-8-12(10-11(13)3)15(4)6-2/h8-10H,5-7H2,1-4H3. The van der Waals surface area contributed by atoms with Gasteiger partial charge in [0.2, 0.25) is 0 Å². The zero-order valence-corrected chi connectivity index (χ0v) is 10.7.